The maximum atomic E-state index is 12.9. The lowest BCUT2D eigenvalue weighted by molar-refractivity contribution is -0.105. The largest absolute Gasteiger partial charge is 0.350 e. The third-order valence-corrected chi connectivity index (χ3v) is 7.33. The van der Waals surface area contributed by atoms with Crippen LogP contribution in [-0.4, -0.2) is 41.3 Å². The van der Waals surface area contributed by atoms with Crippen LogP contribution in [0.15, 0.2) is 23.3 Å². The van der Waals surface area contributed by atoms with Crippen LogP contribution in [0.3, 0.4) is 0 Å². The molecule has 0 aliphatic heterocycles. The monoisotopic (exact) mass is 434 g/mol. The number of aromatic nitrogens is 2. The number of nitrogens with two attached hydrogens (primary N) is 1. The summed E-state index contributed by atoms with van der Waals surface area (Å²) >= 11 is 0. The molecule has 10 nitrogen and oxygen atoms in total. The van der Waals surface area contributed by atoms with Crippen molar-refractivity contribution >= 4 is 45.7 Å². The molecule has 1 heterocycles. The van der Waals surface area contributed by atoms with E-state index in [0.29, 0.717) is 36.7 Å². The summed E-state index contributed by atoms with van der Waals surface area (Å²) in [6.07, 6.45) is 6.55. The summed E-state index contributed by atoms with van der Waals surface area (Å²) < 4.78 is 27.1. The second-order valence-corrected chi connectivity index (χ2v) is 9.34. The van der Waals surface area contributed by atoms with Crippen molar-refractivity contribution in [3.8, 4) is 0 Å². The fraction of sp³-hybridized carbons (Fsp3) is 0.474. The van der Waals surface area contributed by atoms with Crippen LogP contribution < -0.4 is 16.5 Å². The number of nitrogens with one attached hydrogen (secondary N) is 2. The molecular weight excluding hydrogens is 408 g/mol. The van der Waals surface area contributed by atoms with E-state index in [-0.39, 0.29) is 11.9 Å². The van der Waals surface area contributed by atoms with Gasteiger partial charge in [-0.2, -0.15) is 5.10 Å². The first-order valence-corrected chi connectivity index (χ1v) is 11.4. The second-order valence-electron chi connectivity index (χ2n) is 7.28. The number of carbonyl (C=O) groups is 2. The normalized spacial score (nSPS) is 15.4. The van der Waals surface area contributed by atoms with Gasteiger partial charge in [0, 0.05) is 6.21 Å². The van der Waals surface area contributed by atoms with E-state index < -0.39 is 21.3 Å². The van der Waals surface area contributed by atoms with Gasteiger partial charge in [-0.3, -0.25) is 10.1 Å². The molecule has 1 aliphatic carbocycles. The molecule has 0 spiro atoms. The molecule has 0 radical (unpaired) electrons. The van der Waals surface area contributed by atoms with Gasteiger partial charge in [0.05, 0.1) is 16.3 Å². The Morgan fingerprint density at radius 3 is 2.83 bits per heavy atom. The highest BCUT2D eigenvalue weighted by Crippen LogP contribution is 2.35. The summed E-state index contributed by atoms with van der Waals surface area (Å²) in [5.74, 6) is 0.247. The molecule has 0 bridgehead atoms. The van der Waals surface area contributed by atoms with Crippen LogP contribution >= 0.6 is 0 Å². The third kappa shape index (κ3) is 4.78. The van der Waals surface area contributed by atoms with Crippen molar-refractivity contribution in [2.24, 2.45) is 10.8 Å². The molecule has 1 atom stereocenters. The van der Waals surface area contributed by atoms with Gasteiger partial charge in [-0.1, -0.05) is 13.0 Å². The lowest BCUT2D eigenvalue weighted by Gasteiger charge is -2.15. The second kappa shape index (κ2) is 9.24. The predicted octanol–water partition coefficient (Wildman–Crippen LogP) is 2.26. The molecule has 1 saturated carbocycles. The summed E-state index contributed by atoms with van der Waals surface area (Å²) in [7, 11) is -3.61. The van der Waals surface area contributed by atoms with E-state index in [1.54, 1.807) is 12.3 Å². The smallest absolute Gasteiger partial charge is 0.332 e. The summed E-state index contributed by atoms with van der Waals surface area (Å²) in [4.78, 5) is 25.9. The molecule has 1 fully saturated rings. The summed E-state index contributed by atoms with van der Waals surface area (Å²) in [6, 6.07) is 4.90. The maximum Gasteiger partial charge on any atom is 0.332 e. The van der Waals surface area contributed by atoms with Crippen LogP contribution in [0.2, 0.25) is 0 Å². The first-order valence-electron chi connectivity index (χ1n) is 9.92. The Bertz CT molecular complexity index is 1060. The zero-order valence-electron chi connectivity index (χ0n) is 16.7. The van der Waals surface area contributed by atoms with Crippen molar-refractivity contribution in [2.45, 2.75) is 56.6 Å². The number of fused-ring (bicyclic) bond motifs is 1. The highest BCUT2D eigenvalue weighted by Gasteiger charge is 2.39. The summed E-state index contributed by atoms with van der Waals surface area (Å²) in [5, 5.41) is 5.71. The van der Waals surface area contributed by atoms with Crippen LogP contribution in [0.4, 0.5) is 10.7 Å². The van der Waals surface area contributed by atoms with Gasteiger partial charge in [-0.05, 0) is 62.1 Å². The van der Waals surface area contributed by atoms with E-state index >= 15 is 0 Å². The fourth-order valence-corrected chi connectivity index (χ4v) is 5.26. The topological polar surface area (TPSA) is 149 Å². The van der Waals surface area contributed by atoms with E-state index in [9.17, 15) is 18.0 Å². The number of primary amides is 1. The van der Waals surface area contributed by atoms with Gasteiger partial charge in [0.1, 0.15) is 0 Å². The predicted molar refractivity (Wildman–Crippen MR) is 115 cm³/mol. The average Bonchev–Trinajstić information content (AvgIpc) is 3.49. The molecule has 3 amide bonds. The molecule has 4 N–H and O–H groups in total. The van der Waals surface area contributed by atoms with E-state index in [1.807, 2.05) is 12.1 Å². The number of hydrogen-bond acceptors (Lipinski definition) is 6. The first kappa shape index (κ1) is 21.8. The number of rotatable bonds is 11. The molecular formula is C19H26N6O4S. The van der Waals surface area contributed by atoms with Crippen molar-refractivity contribution in [3.63, 3.8) is 0 Å². The maximum absolute atomic E-state index is 12.9. The van der Waals surface area contributed by atoms with Gasteiger partial charge >= 0.3 is 6.03 Å². The Morgan fingerprint density at radius 1 is 1.43 bits per heavy atom. The Hall–Kier alpha value is -2.95. The van der Waals surface area contributed by atoms with E-state index in [4.69, 9.17) is 5.73 Å². The number of carbonyl (C=O) groups excluding carboxylic acids is 2. The Morgan fingerprint density at radius 2 is 2.20 bits per heavy atom. The minimum absolute atomic E-state index is 0.0234. The van der Waals surface area contributed by atoms with Gasteiger partial charge in [0.25, 0.3) is 0 Å². The fourth-order valence-electron chi connectivity index (χ4n) is 3.48. The highest BCUT2D eigenvalue weighted by atomic mass is 32.2. The number of benzene rings is 1. The molecule has 1 aliphatic rings. The average molecular weight is 435 g/mol. The molecule has 1 aromatic carbocycles. The van der Waals surface area contributed by atoms with Crippen LogP contribution in [-0.2, 0) is 14.8 Å². The Kier molecular flexibility index (Phi) is 6.70. The molecule has 1 aromatic heterocycles. The number of nitrogens with zero attached hydrogens (tertiary/aromatic N) is 3. The number of hydrogen-bond donors (Lipinski definition) is 3. The zero-order valence-corrected chi connectivity index (χ0v) is 17.6. The van der Waals surface area contributed by atoms with Crippen molar-refractivity contribution in [2.75, 3.05) is 5.32 Å². The van der Waals surface area contributed by atoms with Gasteiger partial charge in [-0.15, -0.1) is 0 Å². The lowest BCUT2D eigenvalue weighted by atomic mass is 9.91. The minimum Gasteiger partial charge on any atom is -0.350 e. The number of unbranched alkanes of at least 4 members (excludes halogenated alkanes) is 1. The minimum atomic E-state index is -3.61. The van der Waals surface area contributed by atoms with Crippen LogP contribution in [0.1, 0.15) is 56.9 Å². The van der Waals surface area contributed by atoms with Gasteiger partial charge < -0.3 is 5.73 Å². The van der Waals surface area contributed by atoms with Crippen molar-refractivity contribution in [3.05, 3.63) is 23.8 Å². The van der Waals surface area contributed by atoms with Gasteiger partial charge in [-0.25, -0.2) is 27.6 Å². The highest BCUT2D eigenvalue weighted by molar-refractivity contribution is 7.91. The number of imidazole rings is 1. The van der Waals surface area contributed by atoms with Gasteiger partial charge in [0.15, 0.2) is 0 Å². The molecule has 1 unspecified atom stereocenters. The molecule has 30 heavy (non-hydrogen) atoms. The SMILES string of the molecule is CCC(CCCC=NNC(N)=O)c1ccc2nc(NC=O)n(S(=O)(=O)C3CC3)c2c1. The molecule has 3 rings (SSSR count). The number of anilines is 1. The molecule has 2 aromatic rings. The lowest BCUT2D eigenvalue weighted by Crippen LogP contribution is -2.24. The van der Waals surface area contributed by atoms with E-state index in [0.717, 1.165) is 24.8 Å². The number of urea groups is 1. The van der Waals surface area contributed by atoms with E-state index in [2.05, 4.69) is 27.8 Å². The Labute approximate surface area is 175 Å². The number of amides is 3. The molecule has 162 valence electrons. The first-order chi connectivity index (χ1) is 14.4. The van der Waals surface area contributed by atoms with Crippen LogP contribution in [0.25, 0.3) is 11.0 Å². The summed E-state index contributed by atoms with van der Waals surface area (Å²) in [6.45, 7) is 2.08. The third-order valence-electron chi connectivity index (χ3n) is 5.14. The number of hydrazone groups is 1. The standard InChI is InChI=1S/C19H26N6O4S/c1-2-13(5-3-4-10-22-24-18(20)27)14-6-9-16-17(11-14)25(19(23-16)21-12-26)30(28,29)15-7-8-15/h6,9-13,15H,2-5,7-8H2,1H3,(H3,20,24,27)(H,21,23,26). The van der Waals surface area contributed by atoms with Crippen LogP contribution in [0, 0.1) is 0 Å². The molecule has 0 saturated heterocycles. The summed E-state index contributed by atoms with van der Waals surface area (Å²) in [5.41, 5.74) is 9.12. The Balaban J connectivity index is 1.84. The van der Waals surface area contributed by atoms with Crippen molar-refractivity contribution < 1.29 is 18.0 Å². The van der Waals surface area contributed by atoms with Crippen molar-refractivity contribution in [1.82, 2.24) is 14.4 Å². The van der Waals surface area contributed by atoms with Gasteiger partial charge in [0.2, 0.25) is 22.4 Å². The van der Waals surface area contributed by atoms with Crippen molar-refractivity contribution in [1.29, 1.82) is 0 Å². The quantitative estimate of drug-likeness (QED) is 0.215. The molecule has 11 heteroatoms. The van der Waals surface area contributed by atoms with E-state index in [1.165, 1.54) is 3.97 Å². The zero-order chi connectivity index (χ0) is 21.7. The van der Waals surface area contributed by atoms with Crippen LogP contribution in [0.5, 0.6) is 0 Å².